The van der Waals surface area contributed by atoms with Gasteiger partial charge in [-0.3, -0.25) is 4.98 Å². The van der Waals surface area contributed by atoms with Crippen molar-refractivity contribution >= 4 is 0 Å². The fraction of sp³-hybridized carbons (Fsp3) is 0.500. The third kappa shape index (κ3) is 3.01. The van der Waals surface area contributed by atoms with Crippen LogP contribution in [0.25, 0.3) is 0 Å². The van der Waals surface area contributed by atoms with Crippen LogP contribution < -0.4 is 5.73 Å². The molecule has 0 atom stereocenters. The number of aryl methyl sites for hydroxylation is 1. The Balaban J connectivity index is 2.71. The number of nitrogens with two attached hydrogens (primary N) is 1. The quantitative estimate of drug-likeness (QED) is 0.722. The van der Waals surface area contributed by atoms with E-state index in [1.807, 2.05) is 33.0 Å². The molecule has 0 amide bonds. The predicted molar refractivity (Wildman–Crippen MR) is 50.9 cm³/mol. The zero-order valence-electron chi connectivity index (χ0n) is 7.96. The molecule has 1 aromatic rings. The number of rotatable bonds is 2. The van der Waals surface area contributed by atoms with Crippen LogP contribution in [0.1, 0.15) is 25.1 Å². The highest BCUT2D eigenvalue weighted by atomic mass is 14.7. The summed E-state index contributed by atoms with van der Waals surface area (Å²) >= 11 is 0. The first-order valence-electron chi connectivity index (χ1n) is 4.18. The first-order valence-corrected chi connectivity index (χ1v) is 4.18. The van der Waals surface area contributed by atoms with Crippen LogP contribution in [0.3, 0.4) is 0 Å². The maximum absolute atomic E-state index is 5.87. The molecule has 0 radical (unpaired) electrons. The normalized spacial score (nSPS) is 11.7. The molecule has 0 aromatic carbocycles. The van der Waals surface area contributed by atoms with Crippen LogP contribution in [0.15, 0.2) is 18.3 Å². The van der Waals surface area contributed by atoms with Gasteiger partial charge in [-0.1, -0.05) is 6.07 Å². The molecule has 0 bridgehead atoms. The summed E-state index contributed by atoms with van der Waals surface area (Å²) in [6.45, 7) is 6.05. The molecule has 2 heteroatoms. The monoisotopic (exact) mass is 164 g/mol. The van der Waals surface area contributed by atoms with E-state index >= 15 is 0 Å². The van der Waals surface area contributed by atoms with Gasteiger partial charge in [-0.2, -0.15) is 0 Å². The third-order valence-corrected chi connectivity index (χ3v) is 1.61. The van der Waals surface area contributed by atoms with Crippen LogP contribution in [0, 0.1) is 6.92 Å². The lowest BCUT2D eigenvalue weighted by Crippen LogP contribution is -2.34. The molecule has 2 N–H and O–H groups in total. The van der Waals surface area contributed by atoms with Crippen molar-refractivity contribution in [1.29, 1.82) is 0 Å². The second-order valence-corrected chi connectivity index (χ2v) is 3.99. The van der Waals surface area contributed by atoms with Crippen molar-refractivity contribution in [3.8, 4) is 0 Å². The fourth-order valence-electron chi connectivity index (χ4n) is 1.07. The van der Waals surface area contributed by atoms with Crippen LogP contribution in [0.5, 0.6) is 0 Å². The van der Waals surface area contributed by atoms with Gasteiger partial charge in [0.2, 0.25) is 0 Å². The zero-order chi connectivity index (χ0) is 9.19. The minimum atomic E-state index is -0.164. The van der Waals surface area contributed by atoms with E-state index in [0.29, 0.717) is 0 Å². The average Bonchev–Trinajstić information content (AvgIpc) is 1.91. The molecule has 0 saturated heterocycles. The van der Waals surface area contributed by atoms with Crippen molar-refractivity contribution in [2.24, 2.45) is 5.73 Å². The fourth-order valence-corrected chi connectivity index (χ4v) is 1.07. The van der Waals surface area contributed by atoms with Gasteiger partial charge in [0.25, 0.3) is 0 Å². The Hall–Kier alpha value is -0.890. The van der Waals surface area contributed by atoms with Gasteiger partial charge in [-0.15, -0.1) is 0 Å². The van der Waals surface area contributed by atoms with E-state index in [0.717, 1.165) is 12.1 Å². The minimum absolute atomic E-state index is 0.164. The SMILES string of the molecule is Cc1ccc(CC(C)(C)N)nc1. The molecule has 0 fully saturated rings. The lowest BCUT2D eigenvalue weighted by molar-refractivity contribution is 0.510. The molecule has 0 unspecified atom stereocenters. The van der Waals surface area contributed by atoms with E-state index < -0.39 is 0 Å². The van der Waals surface area contributed by atoms with Gasteiger partial charge < -0.3 is 5.73 Å². The predicted octanol–water partition coefficient (Wildman–Crippen LogP) is 1.67. The maximum Gasteiger partial charge on any atom is 0.0421 e. The minimum Gasteiger partial charge on any atom is -0.325 e. The first kappa shape index (κ1) is 9.20. The molecule has 2 nitrogen and oxygen atoms in total. The summed E-state index contributed by atoms with van der Waals surface area (Å²) in [5, 5.41) is 0. The third-order valence-electron chi connectivity index (χ3n) is 1.61. The van der Waals surface area contributed by atoms with E-state index in [1.165, 1.54) is 5.56 Å². The molecule has 66 valence electrons. The molecule has 0 spiro atoms. The molecule has 0 aliphatic heterocycles. The van der Waals surface area contributed by atoms with Gasteiger partial charge in [0.05, 0.1) is 0 Å². The maximum atomic E-state index is 5.87. The summed E-state index contributed by atoms with van der Waals surface area (Å²) in [7, 11) is 0. The summed E-state index contributed by atoms with van der Waals surface area (Å²) in [5.74, 6) is 0. The van der Waals surface area contributed by atoms with Crippen LogP contribution in [-0.4, -0.2) is 10.5 Å². The topological polar surface area (TPSA) is 38.9 Å². The number of nitrogens with zero attached hydrogens (tertiary/aromatic N) is 1. The van der Waals surface area contributed by atoms with Gasteiger partial charge in [0, 0.05) is 23.9 Å². The molecule has 0 aliphatic rings. The van der Waals surface area contributed by atoms with E-state index in [4.69, 9.17) is 5.73 Å². The molecule has 0 saturated carbocycles. The Morgan fingerprint density at radius 2 is 2.08 bits per heavy atom. The Morgan fingerprint density at radius 1 is 1.42 bits per heavy atom. The highest BCUT2D eigenvalue weighted by molar-refractivity contribution is 5.13. The number of aromatic nitrogens is 1. The van der Waals surface area contributed by atoms with E-state index in [1.54, 1.807) is 0 Å². The number of pyridine rings is 1. The Bertz CT molecular complexity index is 244. The second-order valence-electron chi connectivity index (χ2n) is 3.99. The molecule has 1 rings (SSSR count). The Kier molecular flexibility index (Phi) is 2.48. The lowest BCUT2D eigenvalue weighted by Gasteiger charge is -2.17. The van der Waals surface area contributed by atoms with E-state index in [9.17, 15) is 0 Å². The van der Waals surface area contributed by atoms with Crippen LogP contribution in [0.4, 0.5) is 0 Å². The average molecular weight is 164 g/mol. The van der Waals surface area contributed by atoms with Crippen LogP contribution >= 0.6 is 0 Å². The standard InChI is InChI=1S/C10H16N2/c1-8-4-5-9(12-7-8)6-10(2,3)11/h4-5,7H,6,11H2,1-3H3. The van der Waals surface area contributed by atoms with Crippen molar-refractivity contribution in [2.45, 2.75) is 32.7 Å². The lowest BCUT2D eigenvalue weighted by atomic mass is 9.99. The summed E-state index contributed by atoms with van der Waals surface area (Å²) in [6, 6.07) is 4.10. The Morgan fingerprint density at radius 3 is 2.50 bits per heavy atom. The van der Waals surface area contributed by atoms with E-state index in [2.05, 4.69) is 11.1 Å². The molecular weight excluding hydrogens is 148 g/mol. The van der Waals surface area contributed by atoms with Crippen molar-refractivity contribution in [3.63, 3.8) is 0 Å². The highest BCUT2D eigenvalue weighted by Crippen LogP contribution is 2.07. The largest absolute Gasteiger partial charge is 0.325 e. The van der Waals surface area contributed by atoms with Gasteiger partial charge in [-0.05, 0) is 32.4 Å². The second kappa shape index (κ2) is 3.23. The van der Waals surface area contributed by atoms with Gasteiger partial charge in [0.1, 0.15) is 0 Å². The summed E-state index contributed by atoms with van der Waals surface area (Å²) in [5.41, 5.74) is 7.95. The van der Waals surface area contributed by atoms with Crippen molar-refractivity contribution in [3.05, 3.63) is 29.6 Å². The molecule has 1 aromatic heterocycles. The van der Waals surface area contributed by atoms with Gasteiger partial charge in [0.15, 0.2) is 0 Å². The van der Waals surface area contributed by atoms with E-state index in [-0.39, 0.29) is 5.54 Å². The van der Waals surface area contributed by atoms with Crippen molar-refractivity contribution in [2.75, 3.05) is 0 Å². The van der Waals surface area contributed by atoms with Crippen LogP contribution in [0.2, 0.25) is 0 Å². The van der Waals surface area contributed by atoms with Gasteiger partial charge >= 0.3 is 0 Å². The summed E-state index contributed by atoms with van der Waals surface area (Å²) < 4.78 is 0. The Labute approximate surface area is 73.8 Å². The van der Waals surface area contributed by atoms with Crippen molar-refractivity contribution < 1.29 is 0 Å². The van der Waals surface area contributed by atoms with Crippen molar-refractivity contribution in [1.82, 2.24) is 4.98 Å². The summed E-state index contributed by atoms with van der Waals surface area (Å²) in [6.07, 6.45) is 2.70. The smallest absolute Gasteiger partial charge is 0.0421 e. The number of hydrogen-bond acceptors (Lipinski definition) is 2. The van der Waals surface area contributed by atoms with Gasteiger partial charge in [-0.25, -0.2) is 0 Å². The zero-order valence-corrected chi connectivity index (χ0v) is 7.96. The highest BCUT2D eigenvalue weighted by Gasteiger charge is 2.11. The molecule has 1 heterocycles. The summed E-state index contributed by atoms with van der Waals surface area (Å²) in [4.78, 5) is 4.28. The number of hydrogen-bond donors (Lipinski definition) is 1. The first-order chi connectivity index (χ1) is 5.47. The van der Waals surface area contributed by atoms with Crippen LogP contribution in [-0.2, 0) is 6.42 Å². The molecule has 0 aliphatic carbocycles. The molecule has 12 heavy (non-hydrogen) atoms. The molecular formula is C10H16N2.